The van der Waals surface area contributed by atoms with E-state index in [2.05, 4.69) is 21.6 Å². The molecule has 0 aliphatic carbocycles. The number of likely N-dealkylation sites (N-methyl/N-ethyl adjacent to an activating group) is 1. The molecule has 0 spiro atoms. The molecule has 0 saturated carbocycles. The minimum absolute atomic E-state index is 0.0814. The molecule has 1 aliphatic heterocycles. The van der Waals surface area contributed by atoms with Crippen LogP contribution in [0.25, 0.3) is 0 Å². The van der Waals surface area contributed by atoms with E-state index in [1.54, 1.807) is 0 Å². The summed E-state index contributed by atoms with van der Waals surface area (Å²) in [6, 6.07) is 3.84. The predicted octanol–water partition coefficient (Wildman–Crippen LogP) is -0.0664. The van der Waals surface area contributed by atoms with Crippen LogP contribution in [0.1, 0.15) is 0 Å². The van der Waals surface area contributed by atoms with E-state index in [1.807, 2.05) is 0 Å². The summed E-state index contributed by atoms with van der Waals surface area (Å²) in [4.78, 5) is 3.93. The Hall–Kier alpha value is -1.22. The molecule has 2 rings (SSSR count). The molecule has 1 aliphatic rings. The van der Waals surface area contributed by atoms with Crippen LogP contribution in [0.5, 0.6) is 0 Å². The summed E-state index contributed by atoms with van der Waals surface area (Å²) >= 11 is 0. The predicted molar refractivity (Wildman–Crippen MR) is 79.9 cm³/mol. The van der Waals surface area contributed by atoms with Crippen molar-refractivity contribution in [1.29, 1.82) is 0 Å². The highest BCUT2D eigenvalue weighted by Gasteiger charge is 2.22. The molecule has 8 heteroatoms. The lowest BCUT2D eigenvalue weighted by molar-refractivity contribution is 0.156. The van der Waals surface area contributed by atoms with E-state index in [4.69, 9.17) is 5.73 Å². The van der Waals surface area contributed by atoms with Gasteiger partial charge in [0.25, 0.3) is 0 Å². The van der Waals surface area contributed by atoms with Crippen molar-refractivity contribution in [3.8, 4) is 0 Å². The van der Waals surface area contributed by atoms with E-state index in [-0.39, 0.29) is 12.2 Å². The van der Waals surface area contributed by atoms with Gasteiger partial charge in [0, 0.05) is 39.3 Å². The van der Waals surface area contributed by atoms with Crippen molar-refractivity contribution >= 4 is 15.7 Å². The van der Waals surface area contributed by atoms with Gasteiger partial charge in [-0.25, -0.2) is 17.5 Å². The second-order valence-corrected chi connectivity index (χ2v) is 6.90. The quantitative estimate of drug-likeness (QED) is 0.744. The minimum Gasteiger partial charge on any atom is -0.398 e. The lowest BCUT2D eigenvalue weighted by Gasteiger charge is -2.32. The van der Waals surface area contributed by atoms with E-state index < -0.39 is 20.7 Å². The highest BCUT2D eigenvalue weighted by atomic mass is 32.2. The maximum atomic E-state index is 13.7. The molecule has 118 valence electrons. The van der Waals surface area contributed by atoms with Gasteiger partial charge in [0.05, 0.1) is 5.69 Å². The SMILES string of the molecule is CN1CCN(CCNS(=O)(=O)c2c(N)cccc2F)CC1. The van der Waals surface area contributed by atoms with Crippen LogP contribution in [-0.2, 0) is 10.0 Å². The summed E-state index contributed by atoms with van der Waals surface area (Å²) in [5, 5.41) is 0. The molecule has 0 amide bonds. The van der Waals surface area contributed by atoms with E-state index >= 15 is 0 Å². The molecule has 3 N–H and O–H groups in total. The van der Waals surface area contributed by atoms with Crippen LogP contribution in [0, 0.1) is 5.82 Å². The van der Waals surface area contributed by atoms with Crippen molar-refractivity contribution in [3.63, 3.8) is 0 Å². The maximum absolute atomic E-state index is 13.7. The monoisotopic (exact) mass is 316 g/mol. The molecule has 0 aromatic heterocycles. The van der Waals surface area contributed by atoms with Gasteiger partial charge in [0.1, 0.15) is 10.7 Å². The largest absolute Gasteiger partial charge is 0.398 e. The number of benzene rings is 1. The molecule has 1 heterocycles. The van der Waals surface area contributed by atoms with Gasteiger partial charge in [0.15, 0.2) is 0 Å². The Labute approximate surface area is 124 Å². The Morgan fingerprint density at radius 2 is 1.95 bits per heavy atom. The van der Waals surface area contributed by atoms with Crippen molar-refractivity contribution in [2.75, 3.05) is 52.0 Å². The molecule has 0 atom stereocenters. The van der Waals surface area contributed by atoms with Gasteiger partial charge in [-0.3, -0.25) is 4.90 Å². The topological polar surface area (TPSA) is 78.7 Å². The number of nitrogens with zero attached hydrogens (tertiary/aromatic N) is 2. The summed E-state index contributed by atoms with van der Waals surface area (Å²) in [5.41, 5.74) is 5.48. The third-order valence-electron chi connectivity index (χ3n) is 3.58. The standard InChI is InChI=1S/C13H21FN4O2S/c1-17-7-9-18(10-8-17)6-5-16-21(19,20)13-11(14)3-2-4-12(13)15/h2-4,16H,5-10,15H2,1H3. The van der Waals surface area contributed by atoms with Crippen LogP contribution in [-0.4, -0.2) is 64.5 Å². The number of piperazine rings is 1. The first-order chi connectivity index (χ1) is 9.90. The lowest BCUT2D eigenvalue weighted by Crippen LogP contribution is -2.46. The molecule has 0 unspecified atom stereocenters. The highest BCUT2D eigenvalue weighted by molar-refractivity contribution is 7.89. The van der Waals surface area contributed by atoms with E-state index in [9.17, 15) is 12.8 Å². The molecule has 1 saturated heterocycles. The zero-order valence-electron chi connectivity index (χ0n) is 12.0. The molecule has 1 aromatic rings. The molecule has 21 heavy (non-hydrogen) atoms. The Morgan fingerprint density at radius 3 is 2.57 bits per heavy atom. The van der Waals surface area contributed by atoms with Crippen LogP contribution in [0.4, 0.5) is 10.1 Å². The van der Waals surface area contributed by atoms with Gasteiger partial charge in [-0.05, 0) is 19.2 Å². The summed E-state index contributed by atoms with van der Waals surface area (Å²) in [6.45, 7) is 4.57. The first-order valence-electron chi connectivity index (χ1n) is 6.85. The molecule has 1 aromatic carbocycles. The van der Waals surface area contributed by atoms with Gasteiger partial charge in [-0.15, -0.1) is 0 Å². The molecule has 0 radical (unpaired) electrons. The number of halogens is 1. The third kappa shape index (κ3) is 4.13. The van der Waals surface area contributed by atoms with Gasteiger partial charge >= 0.3 is 0 Å². The summed E-state index contributed by atoms with van der Waals surface area (Å²) in [7, 11) is -1.86. The van der Waals surface area contributed by atoms with Gasteiger partial charge < -0.3 is 10.6 Å². The number of sulfonamides is 1. The van der Waals surface area contributed by atoms with Crippen molar-refractivity contribution in [2.45, 2.75) is 4.90 Å². The Balaban J connectivity index is 1.93. The average molecular weight is 316 g/mol. The number of nitrogens with one attached hydrogen (secondary N) is 1. The van der Waals surface area contributed by atoms with E-state index in [1.165, 1.54) is 12.1 Å². The second kappa shape index (κ2) is 6.69. The fraction of sp³-hybridized carbons (Fsp3) is 0.538. The number of rotatable bonds is 5. The number of hydrogen-bond donors (Lipinski definition) is 2. The number of anilines is 1. The number of hydrogen-bond acceptors (Lipinski definition) is 5. The number of nitrogens with two attached hydrogens (primary N) is 1. The third-order valence-corrected chi connectivity index (χ3v) is 5.13. The Morgan fingerprint density at radius 1 is 1.29 bits per heavy atom. The fourth-order valence-electron chi connectivity index (χ4n) is 2.29. The van der Waals surface area contributed by atoms with E-state index in [0.717, 1.165) is 32.2 Å². The molecule has 1 fully saturated rings. The normalized spacial score (nSPS) is 18.0. The summed E-state index contributed by atoms with van der Waals surface area (Å²) < 4.78 is 40.3. The van der Waals surface area contributed by atoms with Crippen molar-refractivity contribution < 1.29 is 12.8 Å². The summed E-state index contributed by atoms with van der Waals surface area (Å²) in [5.74, 6) is -0.831. The maximum Gasteiger partial charge on any atom is 0.245 e. The zero-order valence-corrected chi connectivity index (χ0v) is 12.9. The minimum atomic E-state index is -3.92. The van der Waals surface area contributed by atoms with Gasteiger partial charge in [-0.2, -0.15) is 0 Å². The van der Waals surface area contributed by atoms with Crippen LogP contribution in [0.15, 0.2) is 23.1 Å². The van der Waals surface area contributed by atoms with Gasteiger partial charge in [-0.1, -0.05) is 6.07 Å². The van der Waals surface area contributed by atoms with Crippen molar-refractivity contribution in [2.24, 2.45) is 0 Å². The first kappa shape index (κ1) is 16.2. The Bertz CT molecular complexity index is 566. The van der Waals surface area contributed by atoms with Crippen LogP contribution in [0.3, 0.4) is 0 Å². The molecular formula is C13H21FN4O2S. The molecular weight excluding hydrogens is 295 g/mol. The van der Waals surface area contributed by atoms with Crippen molar-refractivity contribution in [1.82, 2.24) is 14.5 Å². The van der Waals surface area contributed by atoms with Crippen LogP contribution < -0.4 is 10.5 Å². The van der Waals surface area contributed by atoms with Crippen molar-refractivity contribution in [3.05, 3.63) is 24.0 Å². The van der Waals surface area contributed by atoms with E-state index in [0.29, 0.717) is 6.54 Å². The first-order valence-corrected chi connectivity index (χ1v) is 8.33. The van der Waals surface area contributed by atoms with Crippen LogP contribution in [0.2, 0.25) is 0 Å². The molecule has 6 nitrogen and oxygen atoms in total. The second-order valence-electron chi connectivity index (χ2n) is 5.20. The smallest absolute Gasteiger partial charge is 0.245 e. The zero-order chi connectivity index (χ0) is 15.5. The van der Waals surface area contributed by atoms with Crippen LogP contribution >= 0.6 is 0 Å². The molecule has 0 bridgehead atoms. The summed E-state index contributed by atoms with van der Waals surface area (Å²) in [6.07, 6.45) is 0. The lowest BCUT2D eigenvalue weighted by atomic mass is 10.3. The fourth-order valence-corrected chi connectivity index (χ4v) is 3.50. The average Bonchev–Trinajstić information content (AvgIpc) is 2.40. The number of nitrogen functional groups attached to an aromatic ring is 1. The Kier molecular flexibility index (Phi) is 5.15. The highest BCUT2D eigenvalue weighted by Crippen LogP contribution is 2.21. The van der Waals surface area contributed by atoms with Gasteiger partial charge in [0.2, 0.25) is 10.0 Å².